The molecule has 0 atom stereocenters. The summed E-state index contributed by atoms with van der Waals surface area (Å²) in [6, 6.07) is 6.35. The Kier molecular flexibility index (Phi) is 4.46. The van der Waals surface area contributed by atoms with Crippen molar-refractivity contribution in [2.24, 2.45) is 0 Å². The molecule has 0 radical (unpaired) electrons. The van der Waals surface area contributed by atoms with Crippen LogP contribution in [0.1, 0.15) is 25.7 Å². The molecule has 20 heavy (non-hydrogen) atoms. The van der Waals surface area contributed by atoms with E-state index in [2.05, 4.69) is 16.7 Å². The summed E-state index contributed by atoms with van der Waals surface area (Å²) in [6.07, 6.45) is 3.29. The normalized spacial score (nSPS) is 16.4. The third-order valence-corrected chi connectivity index (χ3v) is 3.71. The molecule has 0 spiro atoms. The molecule has 1 amide bonds. The van der Waals surface area contributed by atoms with Crippen LogP contribution in [0.2, 0.25) is 5.02 Å². The van der Waals surface area contributed by atoms with E-state index in [9.17, 15) is 14.4 Å². The molecule has 1 aliphatic rings. The van der Waals surface area contributed by atoms with Crippen LogP contribution in [0.5, 0.6) is 0 Å². The Balaban J connectivity index is 1.89. The largest absolute Gasteiger partial charge is 0.376 e. The van der Waals surface area contributed by atoms with Gasteiger partial charge in [0, 0.05) is 5.69 Å². The molecule has 6 heteroatoms. The summed E-state index contributed by atoms with van der Waals surface area (Å²) in [6.45, 7) is 0.0192. The number of nitrogens with one attached hydrogen (secondary N) is 2. The van der Waals surface area contributed by atoms with E-state index in [1.807, 2.05) is 0 Å². The molecule has 1 fully saturated rings. The standard InChI is InChI=1S/C14H15ClFN3O/c15-11-7-10(3-4-12(11)16)18-8-13(20)19-14(9-17)5-1-2-6-14/h3-4,7,18H,1-2,5-6,8H2,(H,19,20). The number of nitriles is 1. The first-order valence-electron chi connectivity index (χ1n) is 6.46. The predicted molar refractivity (Wildman–Crippen MR) is 74.9 cm³/mol. The number of hydrogen-bond donors (Lipinski definition) is 2. The molecule has 0 heterocycles. The van der Waals surface area contributed by atoms with Gasteiger partial charge < -0.3 is 10.6 Å². The number of carbonyl (C=O) groups is 1. The Morgan fingerprint density at radius 3 is 2.75 bits per heavy atom. The van der Waals surface area contributed by atoms with Crippen LogP contribution in [0.25, 0.3) is 0 Å². The Labute approximate surface area is 121 Å². The highest BCUT2D eigenvalue weighted by Crippen LogP contribution is 2.28. The third kappa shape index (κ3) is 3.40. The van der Waals surface area contributed by atoms with Crippen molar-refractivity contribution in [3.8, 4) is 6.07 Å². The first-order chi connectivity index (χ1) is 9.54. The third-order valence-electron chi connectivity index (χ3n) is 3.42. The van der Waals surface area contributed by atoms with Crippen molar-refractivity contribution in [2.75, 3.05) is 11.9 Å². The highest BCUT2D eigenvalue weighted by molar-refractivity contribution is 6.31. The molecule has 1 aromatic rings. The van der Waals surface area contributed by atoms with Crippen LogP contribution in [0, 0.1) is 17.1 Å². The summed E-state index contributed by atoms with van der Waals surface area (Å²) in [5.41, 5.74) is -0.164. The molecule has 2 N–H and O–H groups in total. The average Bonchev–Trinajstić information content (AvgIpc) is 2.89. The van der Waals surface area contributed by atoms with Gasteiger partial charge in [-0.1, -0.05) is 11.6 Å². The van der Waals surface area contributed by atoms with E-state index in [1.54, 1.807) is 0 Å². The zero-order valence-electron chi connectivity index (χ0n) is 10.9. The lowest BCUT2D eigenvalue weighted by molar-refractivity contribution is -0.120. The molecule has 0 saturated heterocycles. The molecule has 0 aromatic heterocycles. The van der Waals surface area contributed by atoms with E-state index >= 15 is 0 Å². The Bertz CT molecular complexity index is 550. The molecule has 106 valence electrons. The molecule has 0 bridgehead atoms. The van der Waals surface area contributed by atoms with E-state index in [0.717, 1.165) is 12.8 Å². The second-order valence-corrected chi connectivity index (χ2v) is 5.34. The second kappa shape index (κ2) is 6.10. The fourth-order valence-electron chi connectivity index (χ4n) is 2.34. The van der Waals surface area contributed by atoms with E-state index in [4.69, 9.17) is 11.6 Å². The first-order valence-corrected chi connectivity index (χ1v) is 6.84. The lowest BCUT2D eigenvalue weighted by Crippen LogP contribution is -2.47. The number of halogens is 2. The maximum atomic E-state index is 13.0. The van der Waals surface area contributed by atoms with E-state index < -0.39 is 11.4 Å². The molecule has 1 aromatic carbocycles. The van der Waals surface area contributed by atoms with Crippen LogP contribution < -0.4 is 10.6 Å². The van der Waals surface area contributed by atoms with E-state index in [-0.39, 0.29) is 17.5 Å². The van der Waals surface area contributed by atoms with Crippen molar-refractivity contribution in [3.63, 3.8) is 0 Å². The van der Waals surface area contributed by atoms with Gasteiger partial charge >= 0.3 is 0 Å². The Morgan fingerprint density at radius 1 is 1.45 bits per heavy atom. The van der Waals surface area contributed by atoms with E-state index in [1.165, 1.54) is 18.2 Å². The summed E-state index contributed by atoms with van der Waals surface area (Å²) in [4.78, 5) is 11.9. The first kappa shape index (κ1) is 14.6. The number of hydrogen-bond acceptors (Lipinski definition) is 3. The fraction of sp³-hybridized carbons (Fsp3) is 0.429. The highest BCUT2D eigenvalue weighted by atomic mass is 35.5. The number of nitrogens with zero attached hydrogens (tertiary/aromatic N) is 1. The highest BCUT2D eigenvalue weighted by Gasteiger charge is 2.35. The monoisotopic (exact) mass is 295 g/mol. The molecule has 0 unspecified atom stereocenters. The smallest absolute Gasteiger partial charge is 0.240 e. The van der Waals surface area contributed by atoms with Crippen molar-refractivity contribution in [1.82, 2.24) is 5.32 Å². The molecule has 1 aliphatic carbocycles. The minimum Gasteiger partial charge on any atom is -0.376 e. The number of anilines is 1. The van der Waals surface area contributed by atoms with Crippen molar-refractivity contribution in [2.45, 2.75) is 31.2 Å². The Morgan fingerprint density at radius 2 is 2.15 bits per heavy atom. The van der Waals surface area contributed by atoms with Crippen LogP contribution in [0.4, 0.5) is 10.1 Å². The summed E-state index contributed by atoms with van der Waals surface area (Å²) in [5.74, 6) is -0.759. The number of carbonyl (C=O) groups excluding carboxylic acids is 1. The van der Waals surface area contributed by atoms with Gasteiger partial charge in [-0.15, -0.1) is 0 Å². The van der Waals surface area contributed by atoms with Gasteiger partial charge in [0.25, 0.3) is 0 Å². The predicted octanol–water partition coefficient (Wildman–Crippen LogP) is 2.84. The van der Waals surface area contributed by atoms with Crippen LogP contribution in [0.3, 0.4) is 0 Å². The number of amides is 1. The molecule has 0 aliphatic heterocycles. The van der Waals surface area contributed by atoms with Gasteiger partial charge in [0.1, 0.15) is 11.4 Å². The average molecular weight is 296 g/mol. The van der Waals surface area contributed by atoms with Gasteiger partial charge in [-0.05, 0) is 43.9 Å². The zero-order chi connectivity index (χ0) is 14.6. The molecular formula is C14H15ClFN3O. The Hall–Kier alpha value is -1.80. The van der Waals surface area contributed by atoms with Crippen LogP contribution >= 0.6 is 11.6 Å². The van der Waals surface area contributed by atoms with Crippen molar-refractivity contribution < 1.29 is 9.18 Å². The summed E-state index contributed by atoms with van der Waals surface area (Å²) in [5, 5.41) is 14.8. The number of rotatable bonds is 4. The van der Waals surface area contributed by atoms with Crippen LogP contribution in [-0.4, -0.2) is 18.0 Å². The quantitative estimate of drug-likeness (QED) is 0.897. The number of benzene rings is 1. The minimum atomic E-state index is -0.723. The topological polar surface area (TPSA) is 64.9 Å². The second-order valence-electron chi connectivity index (χ2n) is 4.93. The lowest BCUT2D eigenvalue weighted by atomic mass is 10.00. The molecule has 2 rings (SSSR count). The maximum Gasteiger partial charge on any atom is 0.240 e. The van der Waals surface area contributed by atoms with Gasteiger partial charge in [0.15, 0.2) is 0 Å². The van der Waals surface area contributed by atoms with E-state index in [0.29, 0.717) is 18.5 Å². The van der Waals surface area contributed by atoms with Crippen molar-refractivity contribution in [1.29, 1.82) is 5.26 Å². The van der Waals surface area contributed by atoms with Gasteiger partial charge in [-0.2, -0.15) is 5.26 Å². The lowest BCUT2D eigenvalue weighted by Gasteiger charge is -2.22. The maximum absolute atomic E-state index is 13.0. The van der Waals surface area contributed by atoms with Gasteiger partial charge in [-0.25, -0.2) is 4.39 Å². The SMILES string of the molecule is N#CC1(NC(=O)CNc2ccc(F)c(Cl)c2)CCCC1. The van der Waals surface area contributed by atoms with Crippen LogP contribution in [-0.2, 0) is 4.79 Å². The summed E-state index contributed by atoms with van der Waals surface area (Å²) >= 11 is 5.65. The van der Waals surface area contributed by atoms with Crippen molar-refractivity contribution >= 4 is 23.2 Å². The van der Waals surface area contributed by atoms with Crippen molar-refractivity contribution in [3.05, 3.63) is 29.0 Å². The summed E-state index contributed by atoms with van der Waals surface area (Å²) in [7, 11) is 0. The summed E-state index contributed by atoms with van der Waals surface area (Å²) < 4.78 is 13.0. The molecular weight excluding hydrogens is 281 g/mol. The van der Waals surface area contributed by atoms with Crippen LogP contribution in [0.15, 0.2) is 18.2 Å². The fourth-order valence-corrected chi connectivity index (χ4v) is 2.52. The van der Waals surface area contributed by atoms with Gasteiger partial charge in [-0.3, -0.25) is 4.79 Å². The van der Waals surface area contributed by atoms with Gasteiger partial charge in [0.05, 0.1) is 17.6 Å². The van der Waals surface area contributed by atoms with Gasteiger partial charge in [0.2, 0.25) is 5.91 Å². The minimum absolute atomic E-state index is 0.000281. The zero-order valence-corrected chi connectivity index (χ0v) is 11.6. The molecule has 1 saturated carbocycles. The molecule has 4 nitrogen and oxygen atoms in total.